The minimum absolute atomic E-state index is 0.0235. The number of carbonyl (C=O) groups excluding carboxylic acids is 1. The Morgan fingerprint density at radius 3 is 2.61 bits per heavy atom. The fourth-order valence-corrected chi connectivity index (χ4v) is 5.05. The zero-order valence-corrected chi connectivity index (χ0v) is 16.2. The number of fused-ring (bicyclic) bond motifs is 2. The van der Waals surface area contributed by atoms with Gasteiger partial charge in [-0.15, -0.1) is 0 Å². The number of carboxylic acids is 1. The second-order valence-electron chi connectivity index (χ2n) is 7.97. The van der Waals surface area contributed by atoms with E-state index in [1.165, 1.54) is 0 Å². The van der Waals surface area contributed by atoms with Crippen molar-refractivity contribution in [1.29, 1.82) is 0 Å². The van der Waals surface area contributed by atoms with Crippen LogP contribution in [0.1, 0.15) is 40.7 Å². The van der Waals surface area contributed by atoms with E-state index < -0.39 is 11.4 Å². The lowest BCUT2D eigenvalue weighted by molar-refractivity contribution is -0.150. The molecule has 4 rings (SSSR count). The molecule has 5 heteroatoms. The maximum atomic E-state index is 13.3. The van der Waals surface area contributed by atoms with E-state index in [1.54, 1.807) is 19.2 Å². The Morgan fingerprint density at radius 2 is 1.93 bits per heavy atom. The van der Waals surface area contributed by atoms with Crippen molar-refractivity contribution in [3.05, 3.63) is 65.2 Å². The van der Waals surface area contributed by atoms with Crippen molar-refractivity contribution >= 4 is 11.9 Å². The average molecular weight is 379 g/mol. The number of hydrogen-bond acceptors (Lipinski definition) is 3. The molecule has 1 N–H and O–H groups in total. The molecule has 0 radical (unpaired) electrons. The summed E-state index contributed by atoms with van der Waals surface area (Å²) in [7, 11) is 1.59. The molecule has 0 unspecified atom stereocenters. The number of carboxylic acid groups (broad SMARTS) is 1. The predicted molar refractivity (Wildman–Crippen MR) is 106 cm³/mol. The smallest absolute Gasteiger partial charge is 0.312 e. The van der Waals surface area contributed by atoms with Crippen molar-refractivity contribution in [3.8, 4) is 5.75 Å². The lowest BCUT2D eigenvalue weighted by Gasteiger charge is -2.33. The van der Waals surface area contributed by atoms with E-state index in [9.17, 15) is 14.7 Å². The first-order valence-electron chi connectivity index (χ1n) is 9.71. The minimum atomic E-state index is -0.922. The molecular weight excluding hydrogens is 354 g/mol. The van der Waals surface area contributed by atoms with Crippen LogP contribution in [0.3, 0.4) is 0 Å². The number of ether oxygens (including phenoxy) is 1. The quantitative estimate of drug-likeness (QED) is 0.860. The molecule has 2 aliphatic heterocycles. The molecule has 0 aliphatic carbocycles. The molecule has 0 aromatic heterocycles. The molecule has 0 saturated carbocycles. The van der Waals surface area contributed by atoms with E-state index in [0.29, 0.717) is 24.2 Å². The van der Waals surface area contributed by atoms with Gasteiger partial charge in [0.15, 0.2) is 0 Å². The van der Waals surface area contributed by atoms with E-state index >= 15 is 0 Å². The highest BCUT2D eigenvalue weighted by Gasteiger charge is 2.61. The van der Waals surface area contributed by atoms with Crippen LogP contribution in [0.25, 0.3) is 0 Å². The van der Waals surface area contributed by atoms with Gasteiger partial charge in [0.2, 0.25) is 0 Å². The van der Waals surface area contributed by atoms with Crippen LogP contribution in [0.15, 0.2) is 48.5 Å². The number of aliphatic carboxylic acids is 1. The number of amides is 1. The number of nitrogens with zero attached hydrogens (tertiary/aromatic N) is 1. The van der Waals surface area contributed by atoms with Gasteiger partial charge in [0, 0.05) is 17.6 Å². The van der Waals surface area contributed by atoms with E-state index in [4.69, 9.17) is 4.74 Å². The summed E-state index contributed by atoms with van der Waals surface area (Å²) in [6.45, 7) is 1.93. The fourth-order valence-electron chi connectivity index (χ4n) is 5.05. The van der Waals surface area contributed by atoms with Crippen molar-refractivity contribution in [1.82, 2.24) is 4.90 Å². The number of carbonyl (C=O) groups is 2. The third-order valence-electron chi connectivity index (χ3n) is 6.42. The lowest BCUT2D eigenvalue weighted by Crippen LogP contribution is -2.46. The molecule has 2 aromatic carbocycles. The minimum Gasteiger partial charge on any atom is -0.496 e. The van der Waals surface area contributed by atoms with Gasteiger partial charge >= 0.3 is 5.97 Å². The highest BCUT2D eigenvalue weighted by Crippen LogP contribution is 2.52. The first-order valence-corrected chi connectivity index (χ1v) is 9.71. The third-order valence-corrected chi connectivity index (χ3v) is 6.42. The van der Waals surface area contributed by atoms with Gasteiger partial charge in [0.05, 0.1) is 12.5 Å². The maximum absolute atomic E-state index is 13.3. The van der Waals surface area contributed by atoms with Gasteiger partial charge in [-0.05, 0) is 55.9 Å². The van der Waals surface area contributed by atoms with Crippen LogP contribution < -0.4 is 4.74 Å². The molecular formula is C23H25NO4. The molecule has 2 aromatic rings. The summed E-state index contributed by atoms with van der Waals surface area (Å²) in [4.78, 5) is 27.6. The van der Waals surface area contributed by atoms with E-state index in [0.717, 1.165) is 24.0 Å². The third kappa shape index (κ3) is 2.86. The Hall–Kier alpha value is -2.82. The van der Waals surface area contributed by atoms with Gasteiger partial charge in [0.25, 0.3) is 5.91 Å². The predicted octanol–water partition coefficient (Wildman–Crippen LogP) is 3.69. The van der Waals surface area contributed by atoms with Gasteiger partial charge in [-0.3, -0.25) is 9.59 Å². The van der Waals surface area contributed by atoms with Crippen LogP contribution in [-0.2, 0) is 11.2 Å². The van der Waals surface area contributed by atoms with Gasteiger partial charge in [0.1, 0.15) is 5.75 Å². The van der Waals surface area contributed by atoms with Crippen LogP contribution in [-0.4, -0.2) is 41.1 Å². The first kappa shape index (κ1) is 18.5. The second-order valence-corrected chi connectivity index (χ2v) is 7.97. The van der Waals surface area contributed by atoms with Gasteiger partial charge < -0.3 is 14.7 Å². The van der Waals surface area contributed by atoms with Crippen molar-refractivity contribution in [2.75, 3.05) is 7.11 Å². The second kappa shape index (κ2) is 6.97. The molecule has 0 spiro atoms. The lowest BCUT2D eigenvalue weighted by atomic mass is 9.70. The molecule has 2 aliphatic rings. The number of methoxy groups -OCH3 is 1. The van der Waals surface area contributed by atoms with Gasteiger partial charge in [-0.1, -0.05) is 36.4 Å². The summed E-state index contributed by atoms with van der Waals surface area (Å²) in [5, 5.41) is 10.2. The zero-order valence-electron chi connectivity index (χ0n) is 16.2. The molecule has 2 saturated heterocycles. The number of benzene rings is 2. The van der Waals surface area contributed by atoms with E-state index in [1.807, 2.05) is 48.2 Å². The normalized spacial score (nSPS) is 25.7. The summed E-state index contributed by atoms with van der Waals surface area (Å²) in [6, 6.07) is 14.9. The molecule has 2 heterocycles. The van der Waals surface area contributed by atoms with Crippen molar-refractivity contribution < 1.29 is 19.4 Å². The van der Waals surface area contributed by atoms with Gasteiger partial charge in [-0.25, -0.2) is 0 Å². The number of aryl methyl sites for hydroxylation is 1. The maximum Gasteiger partial charge on any atom is 0.312 e. The van der Waals surface area contributed by atoms with Crippen molar-refractivity contribution in [3.63, 3.8) is 0 Å². The standard InChI is InChI=1S/C23H25NO4/c1-15-8-9-17(12-19(15)28-2)21(25)24-18-10-11-20(24)23(14-18,22(26)27)13-16-6-4-3-5-7-16/h3-9,12,18,20H,10-11,13-14H2,1-2H3,(H,26,27)/t18-,20+,23+/m0/s1. The van der Waals surface area contributed by atoms with Crippen LogP contribution in [0.4, 0.5) is 0 Å². The Labute approximate surface area is 164 Å². The first-order chi connectivity index (χ1) is 13.5. The molecule has 1 amide bonds. The SMILES string of the molecule is COc1cc(C(=O)N2[C@H]3CC[C@@H]2[C@](Cc2ccccc2)(C(=O)O)C3)ccc1C. The van der Waals surface area contributed by atoms with Crippen LogP contribution in [0, 0.1) is 12.3 Å². The molecule has 2 bridgehead atoms. The molecule has 28 heavy (non-hydrogen) atoms. The summed E-state index contributed by atoms with van der Waals surface area (Å²) in [5.41, 5.74) is 1.60. The van der Waals surface area contributed by atoms with Gasteiger partial charge in [-0.2, -0.15) is 0 Å². The Bertz CT molecular complexity index is 910. The molecule has 146 valence electrons. The highest BCUT2D eigenvalue weighted by atomic mass is 16.5. The van der Waals surface area contributed by atoms with Crippen LogP contribution in [0.5, 0.6) is 5.75 Å². The monoisotopic (exact) mass is 379 g/mol. The Morgan fingerprint density at radius 1 is 1.18 bits per heavy atom. The van der Waals surface area contributed by atoms with Crippen LogP contribution >= 0.6 is 0 Å². The topological polar surface area (TPSA) is 66.8 Å². The fraction of sp³-hybridized carbons (Fsp3) is 0.391. The summed E-state index contributed by atoms with van der Waals surface area (Å²) in [6.07, 6.45) is 2.56. The highest BCUT2D eigenvalue weighted by molar-refractivity contribution is 5.96. The summed E-state index contributed by atoms with van der Waals surface area (Å²) in [5.74, 6) is -0.226. The van der Waals surface area contributed by atoms with E-state index in [-0.39, 0.29) is 18.0 Å². The molecule has 2 fully saturated rings. The average Bonchev–Trinajstić information content (AvgIpc) is 3.25. The van der Waals surface area contributed by atoms with Crippen LogP contribution in [0.2, 0.25) is 0 Å². The largest absolute Gasteiger partial charge is 0.496 e. The zero-order chi connectivity index (χ0) is 19.9. The molecule has 3 atom stereocenters. The van der Waals surface area contributed by atoms with Crippen molar-refractivity contribution in [2.24, 2.45) is 5.41 Å². The number of rotatable bonds is 5. The van der Waals surface area contributed by atoms with E-state index in [2.05, 4.69) is 0 Å². The Balaban J connectivity index is 1.67. The Kier molecular flexibility index (Phi) is 4.61. The molecule has 5 nitrogen and oxygen atoms in total. The summed E-state index contributed by atoms with van der Waals surface area (Å²) >= 11 is 0. The number of hydrogen-bond donors (Lipinski definition) is 1. The summed E-state index contributed by atoms with van der Waals surface area (Å²) < 4.78 is 5.36. The van der Waals surface area contributed by atoms with Crippen molar-refractivity contribution in [2.45, 2.75) is 44.7 Å².